The minimum atomic E-state index is -4.14. The van der Waals surface area contributed by atoms with E-state index >= 15 is 8.78 Å². The first-order valence-corrected chi connectivity index (χ1v) is 16.3. The van der Waals surface area contributed by atoms with Gasteiger partial charge < -0.3 is 19.9 Å². The van der Waals surface area contributed by atoms with Gasteiger partial charge in [0.25, 0.3) is 0 Å². The number of benzene rings is 3. The highest BCUT2D eigenvalue weighted by Gasteiger charge is 2.58. The van der Waals surface area contributed by atoms with Crippen molar-refractivity contribution in [3.63, 3.8) is 0 Å². The lowest BCUT2D eigenvalue weighted by molar-refractivity contribution is -0.207. The second-order valence-electron chi connectivity index (χ2n) is 13.0. The largest absolute Gasteiger partial charge is 0.377 e. The van der Waals surface area contributed by atoms with Crippen LogP contribution in [0, 0.1) is 17.6 Å². The van der Waals surface area contributed by atoms with Gasteiger partial charge in [-0.15, -0.1) is 5.10 Å². The van der Waals surface area contributed by atoms with Gasteiger partial charge in [-0.05, 0) is 70.4 Å². The lowest BCUT2D eigenvalue weighted by atomic mass is 9.84. The highest BCUT2D eigenvalue weighted by atomic mass is 19.3. The van der Waals surface area contributed by atoms with Crippen molar-refractivity contribution in [3.8, 4) is 11.1 Å². The van der Waals surface area contributed by atoms with Gasteiger partial charge in [0.05, 0.1) is 17.6 Å². The summed E-state index contributed by atoms with van der Waals surface area (Å²) in [5, 5.41) is 21.8. The number of halogens is 4. The number of anilines is 2. The van der Waals surface area contributed by atoms with Gasteiger partial charge in [0.2, 0.25) is 0 Å². The van der Waals surface area contributed by atoms with Crippen LogP contribution in [0.5, 0.6) is 0 Å². The minimum absolute atomic E-state index is 0.431. The number of fused-ring (bicyclic) bond motifs is 1. The Morgan fingerprint density at radius 2 is 1.56 bits per heavy atom. The average molecular weight is 686 g/mol. The Morgan fingerprint density at radius 1 is 0.860 bits per heavy atom. The molecule has 1 fully saturated rings. The van der Waals surface area contributed by atoms with E-state index in [1.54, 1.807) is 0 Å². The molecule has 50 heavy (non-hydrogen) atoms. The molecule has 1 atom stereocenters. The molecule has 1 aliphatic heterocycles. The van der Waals surface area contributed by atoms with Crippen LogP contribution in [0.3, 0.4) is 0 Å². The second-order valence-corrected chi connectivity index (χ2v) is 13.0. The van der Waals surface area contributed by atoms with Crippen molar-refractivity contribution in [3.05, 3.63) is 114 Å². The summed E-state index contributed by atoms with van der Waals surface area (Å²) in [6, 6.07) is 18.7. The Morgan fingerprint density at radius 3 is 2.20 bits per heavy atom. The molecule has 1 aliphatic rings. The molecule has 7 rings (SSSR count). The van der Waals surface area contributed by atoms with E-state index in [0.717, 1.165) is 95.6 Å². The number of aliphatic hydroxyl groups is 1. The number of rotatable bonds is 10. The molecular formula is C36H35F4N9O. The maximum Gasteiger partial charge on any atom is 0.323 e. The number of pyridine rings is 1. The number of aromatic nitrogens is 7. The van der Waals surface area contributed by atoms with Gasteiger partial charge >= 0.3 is 5.92 Å². The molecule has 0 saturated carbocycles. The third kappa shape index (κ3) is 6.38. The van der Waals surface area contributed by atoms with Crippen LogP contribution in [-0.4, -0.2) is 66.4 Å². The standard InChI is InChI=1S/C36H35F4N9O/c1-23(2)17-34-43-31-11-9-28(19-32(31)44-34)48-15-13-47(14-16-48)27-7-3-24(4-8-27)25-5-12-33(41-20-25)36(39,40)35(50,21-49-22-42-45-46-49)29-10-6-26(37)18-30(29)38/h3-12,18-20,22-23,50H,13-17,21H2,1-2H3,(H,43,44)/t35-/m0/s1. The number of hydrogen-bond donors (Lipinski definition) is 2. The summed E-state index contributed by atoms with van der Waals surface area (Å²) in [5.41, 5.74) is 0.717. The SMILES string of the molecule is CC(C)Cc1nc2ccc(N3CCN(c4ccc(-c5ccc(C(F)(F)[C@](O)(Cn6cnnn6)c6ccc(F)cc6F)nc5)cc4)CC3)cc2[nH]1. The number of piperazine rings is 1. The summed E-state index contributed by atoms with van der Waals surface area (Å²) in [6.45, 7) is 6.78. The van der Waals surface area contributed by atoms with Crippen molar-refractivity contribution >= 4 is 22.4 Å². The zero-order chi connectivity index (χ0) is 35.0. The first kappa shape index (κ1) is 33.1. The Hall–Kier alpha value is -5.37. The van der Waals surface area contributed by atoms with E-state index < -0.39 is 41.0 Å². The molecule has 14 heteroatoms. The Kier molecular flexibility index (Phi) is 8.72. The highest BCUT2D eigenvalue weighted by molar-refractivity contribution is 5.80. The molecule has 1 saturated heterocycles. The zero-order valence-corrected chi connectivity index (χ0v) is 27.4. The fourth-order valence-corrected chi connectivity index (χ4v) is 6.45. The third-order valence-corrected chi connectivity index (χ3v) is 9.09. The number of nitrogens with zero attached hydrogens (tertiary/aromatic N) is 8. The molecule has 4 heterocycles. The molecule has 3 aromatic carbocycles. The summed E-state index contributed by atoms with van der Waals surface area (Å²) >= 11 is 0. The number of nitrogens with one attached hydrogen (secondary N) is 1. The predicted octanol–water partition coefficient (Wildman–Crippen LogP) is 6.09. The summed E-state index contributed by atoms with van der Waals surface area (Å²) in [5.74, 6) is -4.92. The van der Waals surface area contributed by atoms with Gasteiger partial charge in [-0.1, -0.05) is 32.0 Å². The normalized spacial score (nSPS) is 15.2. The van der Waals surface area contributed by atoms with Crippen LogP contribution in [0.15, 0.2) is 85.3 Å². The van der Waals surface area contributed by atoms with Crippen LogP contribution in [0.25, 0.3) is 22.2 Å². The van der Waals surface area contributed by atoms with Crippen molar-refractivity contribution in [2.24, 2.45) is 5.92 Å². The molecule has 0 bridgehead atoms. The molecule has 0 unspecified atom stereocenters. The maximum absolute atomic E-state index is 16.1. The maximum atomic E-state index is 16.1. The molecule has 258 valence electrons. The van der Waals surface area contributed by atoms with Crippen LogP contribution in [-0.2, 0) is 24.5 Å². The topological polar surface area (TPSA) is 112 Å². The molecule has 0 radical (unpaired) electrons. The average Bonchev–Trinajstić information content (AvgIpc) is 3.77. The molecule has 0 amide bonds. The molecule has 0 spiro atoms. The van der Waals surface area contributed by atoms with Crippen LogP contribution in [0.4, 0.5) is 28.9 Å². The van der Waals surface area contributed by atoms with Crippen LogP contribution >= 0.6 is 0 Å². The number of alkyl halides is 2. The fraction of sp³-hybridized carbons (Fsp3) is 0.306. The molecule has 6 aromatic rings. The number of imidazole rings is 1. The third-order valence-electron chi connectivity index (χ3n) is 9.09. The van der Waals surface area contributed by atoms with Gasteiger partial charge in [0.15, 0.2) is 5.60 Å². The van der Waals surface area contributed by atoms with Crippen molar-refractivity contribution < 1.29 is 22.7 Å². The number of aromatic amines is 1. The Labute approximate surface area is 285 Å². The zero-order valence-electron chi connectivity index (χ0n) is 27.4. The van der Waals surface area contributed by atoms with Crippen LogP contribution in [0.2, 0.25) is 0 Å². The lowest BCUT2D eigenvalue weighted by Crippen LogP contribution is -2.48. The Bertz CT molecular complexity index is 2080. The molecule has 3 aromatic heterocycles. The minimum Gasteiger partial charge on any atom is -0.377 e. The number of H-pyrrole nitrogens is 1. The first-order valence-electron chi connectivity index (χ1n) is 16.3. The van der Waals surface area contributed by atoms with Gasteiger partial charge in [0, 0.05) is 67.4 Å². The van der Waals surface area contributed by atoms with E-state index in [9.17, 15) is 13.9 Å². The summed E-state index contributed by atoms with van der Waals surface area (Å²) in [7, 11) is 0. The van der Waals surface area contributed by atoms with Crippen molar-refractivity contribution in [1.82, 2.24) is 35.2 Å². The predicted molar refractivity (Wildman–Crippen MR) is 181 cm³/mol. The summed E-state index contributed by atoms with van der Waals surface area (Å²) in [6.07, 6.45) is 3.19. The summed E-state index contributed by atoms with van der Waals surface area (Å²) in [4.78, 5) is 16.8. The van der Waals surface area contributed by atoms with Gasteiger partial charge in [0.1, 0.15) is 29.5 Å². The molecule has 2 N–H and O–H groups in total. The fourth-order valence-electron chi connectivity index (χ4n) is 6.45. The first-order chi connectivity index (χ1) is 24.0. The van der Waals surface area contributed by atoms with Crippen molar-refractivity contribution in [2.45, 2.75) is 38.3 Å². The molecule has 10 nitrogen and oxygen atoms in total. The summed E-state index contributed by atoms with van der Waals surface area (Å²) < 4.78 is 61.6. The second kappa shape index (κ2) is 13.2. The van der Waals surface area contributed by atoms with Crippen LogP contribution < -0.4 is 9.80 Å². The number of tetrazole rings is 1. The quantitative estimate of drug-likeness (QED) is 0.167. The monoisotopic (exact) mass is 685 g/mol. The van der Waals surface area contributed by atoms with Gasteiger partial charge in [-0.25, -0.2) is 18.4 Å². The van der Waals surface area contributed by atoms with E-state index in [4.69, 9.17) is 4.98 Å². The van der Waals surface area contributed by atoms with Gasteiger partial charge in [-0.2, -0.15) is 8.78 Å². The van der Waals surface area contributed by atoms with Crippen molar-refractivity contribution in [1.29, 1.82) is 0 Å². The molecule has 0 aliphatic carbocycles. The van der Waals surface area contributed by atoms with Gasteiger partial charge in [-0.3, -0.25) is 4.98 Å². The van der Waals surface area contributed by atoms with E-state index in [0.29, 0.717) is 17.5 Å². The highest BCUT2D eigenvalue weighted by Crippen LogP contribution is 2.47. The smallest absolute Gasteiger partial charge is 0.323 e. The lowest BCUT2D eigenvalue weighted by Gasteiger charge is -2.37. The van der Waals surface area contributed by atoms with Crippen LogP contribution in [0.1, 0.15) is 30.9 Å². The van der Waals surface area contributed by atoms with E-state index in [-0.39, 0.29) is 0 Å². The molecular weight excluding hydrogens is 650 g/mol. The van der Waals surface area contributed by atoms with E-state index in [1.807, 2.05) is 24.3 Å². The number of hydrogen-bond acceptors (Lipinski definition) is 8. The Balaban J connectivity index is 1.04. The van der Waals surface area contributed by atoms with Crippen molar-refractivity contribution in [2.75, 3.05) is 36.0 Å². The van der Waals surface area contributed by atoms with E-state index in [1.165, 1.54) is 12.3 Å². The van der Waals surface area contributed by atoms with E-state index in [2.05, 4.69) is 67.3 Å².